The summed E-state index contributed by atoms with van der Waals surface area (Å²) in [5.74, 6) is 0.172. The van der Waals surface area contributed by atoms with Gasteiger partial charge in [0.05, 0.1) is 12.7 Å². The van der Waals surface area contributed by atoms with Crippen LogP contribution in [-0.4, -0.2) is 53.0 Å². The molecule has 1 N–H and O–H groups in total. The van der Waals surface area contributed by atoms with E-state index in [0.29, 0.717) is 25.4 Å². The number of benzene rings is 2. The van der Waals surface area contributed by atoms with Gasteiger partial charge in [-0.2, -0.15) is 0 Å². The van der Waals surface area contributed by atoms with Gasteiger partial charge in [-0.25, -0.2) is 0 Å². The van der Waals surface area contributed by atoms with Crippen LogP contribution in [0.25, 0.3) is 0 Å². The van der Waals surface area contributed by atoms with Crippen LogP contribution in [-0.2, 0) is 11.3 Å². The van der Waals surface area contributed by atoms with Crippen molar-refractivity contribution < 1.29 is 19.4 Å². The number of hydrogen-bond acceptors (Lipinski definition) is 4. The van der Waals surface area contributed by atoms with E-state index in [1.54, 1.807) is 11.0 Å². The van der Waals surface area contributed by atoms with Crippen LogP contribution in [0.3, 0.4) is 0 Å². The fourth-order valence-electron chi connectivity index (χ4n) is 3.54. The van der Waals surface area contributed by atoms with Gasteiger partial charge >= 0.3 is 0 Å². The Morgan fingerprint density at radius 3 is 2.64 bits per heavy atom. The van der Waals surface area contributed by atoms with E-state index in [1.165, 1.54) is 19.2 Å². The predicted octanol–water partition coefficient (Wildman–Crippen LogP) is 3.05. The summed E-state index contributed by atoms with van der Waals surface area (Å²) in [4.78, 5) is 29.4. The van der Waals surface area contributed by atoms with E-state index in [0.717, 1.165) is 12.0 Å². The number of phenols is 1. The van der Waals surface area contributed by atoms with Crippen LogP contribution in [0.5, 0.6) is 11.5 Å². The van der Waals surface area contributed by atoms with Gasteiger partial charge < -0.3 is 19.6 Å². The Labute approximate surface area is 165 Å². The number of rotatable bonds is 5. The maximum Gasteiger partial charge on any atom is 0.257 e. The average Bonchev–Trinajstić information content (AvgIpc) is 2.88. The molecule has 2 aromatic carbocycles. The maximum atomic E-state index is 13.1. The van der Waals surface area contributed by atoms with Gasteiger partial charge in [0.1, 0.15) is 11.5 Å². The van der Waals surface area contributed by atoms with Crippen LogP contribution in [0.15, 0.2) is 48.5 Å². The minimum Gasteiger partial charge on any atom is -0.507 e. The number of ether oxygens (including phenoxy) is 1. The molecule has 6 nitrogen and oxygen atoms in total. The smallest absolute Gasteiger partial charge is 0.257 e. The Kier molecular flexibility index (Phi) is 6.19. The minimum absolute atomic E-state index is 0.0425. The standard InChI is InChI=1S/C22H26N2O4/c1-3-17-15-23(22(27)19-13-18(28-2)9-10-20(19)25)12-11-21(26)24(17)14-16-7-5-4-6-8-16/h4-10,13,17,25H,3,11-12,14-15H2,1-2H3/t17-/m0/s1. The van der Waals surface area contributed by atoms with E-state index in [9.17, 15) is 14.7 Å². The van der Waals surface area contributed by atoms with E-state index in [1.807, 2.05) is 42.2 Å². The van der Waals surface area contributed by atoms with E-state index in [4.69, 9.17) is 4.74 Å². The summed E-state index contributed by atoms with van der Waals surface area (Å²) in [6.07, 6.45) is 1.01. The van der Waals surface area contributed by atoms with Gasteiger partial charge in [-0.3, -0.25) is 9.59 Å². The Morgan fingerprint density at radius 2 is 1.96 bits per heavy atom. The molecule has 0 unspecified atom stereocenters. The number of hydrogen-bond donors (Lipinski definition) is 1. The molecule has 3 rings (SSSR count). The quantitative estimate of drug-likeness (QED) is 0.863. The fourth-order valence-corrected chi connectivity index (χ4v) is 3.54. The summed E-state index contributed by atoms with van der Waals surface area (Å²) in [7, 11) is 1.51. The SMILES string of the molecule is CC[C@H]1CN(C(=O)c2cc(OC)ccc2O)CCC(=O)N1Cc1ccccc1. The van der Waals surface area contributed by atoms with Crippen molar-refractivity contribution in [3.8, 4) is 11.5 Å². The molecular formula is C22H26N2O4. The predicted molar refractivity (Wildman–Crippen MR) is 106 cm³/mol. The second kappa shape index (κ2) is 8.78. The van der Waals surface area contributed by atoms with Crippen LogP contribution in [0.1, 0.15) is 35.7 Å². The number of amides is 2. The van der Waals surface area contributed by atoms with Gasteiger partial charge in [-0.15, -0.1) is 0 Å². The van der Waals surface area contributed by atoms with E-state index in [-0.39, 0.29) is 35.6 Å². The summed E-state index contributed by atoms with van der Waals surface area (Å²) >= 11 is 0. The molecule has 148 valence electrons. The summed E-state index contributed by atoms with van der Waals surface area (Å²) in [6.45, 7) is 3.32. The highest BCUT2D eigenvalue weighted by molar-refractivity contribution is 5.97. The average molecular weight is 382 g/mol. The van der Waals surface area contributed by atoms with E-state index >= 15 is 0 Å². The molecule has 1 aliphatic rings. The molecule has 6 heteroatoms. The molecule has 1 aliphatic heterocycles. The monoisotopic (exact) mass is 382 g/mol. The van der Waals surface area contributed by atoms with Gasteiger partial charge in [-0.05, 0) is 30.2 Å². The number of nitrogens with zero attached hydrogens (tertiary/aromatic N) is 2. The lowest BCUT2D eigenvalue weighted by atomic mass is 10.1. The minimum atomic E-state index is -0.288. The molecule has 0 aromatic heterocycles. The maximum absolute atomic E-state index is 13.1. The third-order valence-electron chi connectivity index (χ3n) is 5.18. The van der Waals surface area contributed by atoms with Crippen molar-refractivity contribution in [2.75, 3.05) is 20.2 Å². The molecule has 0 aliphatic carbocycles. The number of methoxy groups -OCH3 is 1. The van der Waals surface area contributed by atoms with Crippen molar-refractivity contribution in [3.05, 3.63) is 59.7 Å². The molecule has 0 bridgehead atoms. The molecule has 1 fully saturated rings. The Bertz CT molecular complexity index is 838. The van der Waals surface area contributed by atoms with Crippen molar-refractivity contribution in [1.29, 1.82) is 0 Å². The van der Waals surface area contributed by atoms with Gasteiger partial charge in [0.15, 0.2) is 0 Å². The molecule has 1 saturated heterocycles. The van der Waals surface area contributed by atoms with Gasteiger partial charge in [0.2, 0.25) is 5.91 Å². The third-order valence-corrected chi connectivity index (χ3v) is 5.18. The number of carbonyl (C=O) groups excluding carboxylic acids is 2. The van der Waals surface area contributed by atoms with Crippen LogP contribution in [0.2, 0.25) is 0 Å². The molecule has 2 aromatic rings. The highest BCUT2D eigenvalue weighted by Gasteiger charge is 2.31. The van der Waals surface area contributed by atoms with Crippen molar-refractivity contribution in [3.63, 3.8) is 0 Å². The normalized spacial score (nSPS) is 17.4. The van der Waals surface area contributed by atoms with Crippen LogP contribution in [0.4, 0.5) is 0 Å². The lowest BCUT2D eigenvalue weighted by molar-refractivity contribution is -0.133. The van der Waals surface area contributed by atoms with Crippen LogP contribution in [0, 0.1) is 0 Å². The molecule has 1 atom stereocenters. The Balaban J connectivity index is 1.82. The van der Waals surface area contributed by atoms with Crippen LogP contribution < -0.4 is 4.74 Å². The van der Waals surface area contributed by atoms with Crippen LogP contribution >= 0.6 is 0 Å². The molecule has 0 spiro atoms. The first-order chi connectivity index (χ1) is 13.5. The fraction of sp³-hybridized carbons (Fsp3) is 0.364. The molecule has 2 amide bonds. The molecule has 0 radical (unpaired) electrons. The van der Waals surface area contributed by atoms with Gasteiger partial charge in [0, 0.05) is 32.1 Å². The topological polar surface area (TPSA) is 70.1 Å². The zero-order valence-corrected chi connectivity index (χ0v) is 16.3. The van der Waals surface area contributed by atoms with E-state index in [2.05, 4.69) is 0 Å². The molecular weight excluding hydrogens is 356 g/mol. The number of carbonyl (C=O) groups is 2. The number of phenolic OH excluding ortho intramolecular Hbond substituents is 1. The van der Waals surface area contributed by atoms with Crippen molar-refractivity contribution in [1.82, 2.24) is 9.80 Å². The first-order valence-electron chi connectivity index (χ1n) is 9.53. The lowest BCUT2D eigenvalue weighted by Crippen LogP contribution is -2.43. The summed E-state index contributed by atoms with van der Waals surface area (Å²) < 4.78 is 5.17. The van der Waals surface area contributed by atoms with Crippen molar-refractivity contribution in [2.45, 2.75) is 32.4 Å². The highest BCUT2D eigenvalue weighted by atomic mass is 16.5. The Morgan fingerprint density at radius 1 is 1.21 bits per heavy atom. The molecule has 0 saturated carbocycles. The Hall–Kier alpha value is -3.02. The molecule has 1 heterocycles. The van der Waals surface area contributed by atoms with Crippen molar-refractivity contribution >= 4 is 11.8 Å². The number of aromatic hydroxyl groups is 1. The summed E-state index contributed by atoms with van der Waals surface area (Å²) in [5, 5.41) is 10.1. The largest absolute Gasteiger partial charge is 0.507 e. The third kappa shape index (κ3) is 4.27. The lowest BCUT2D eigenvalue weighted by Gasteiger charge is -2.31. The van der Waals surface area contributed by atoms with E-state index < -0.39 is 0 Å². The first-order valence-corrected chi connectivity index (χ1v) is 9.53. The van der Waals surface area contributed by atoms with Crippen molar-refractivity contribution in [2.24, 2.45) is 0 Å². The van der Waals surface area contributed by atoms with Gasteiger partial charge in [-0.1, -0.05) is 37.3 Å². The summed E-state index contributed by atoms with van der Waals surface area (Å²) in [6, 6.07) is 14.4. The zero-order chi connectivity index (χ0) is 20.1. The summed E-state index contributed by atoms with van der Waals surface area (Å²) in [5.41, 5.74) is 1.26. The zero-order valence-electron chi connectivity index (χ0n) is 16.3. The highest BCUT2D eigenvalue weighted by Crippen LogP contribution is 2.26. The second-order valence-electron chi connectivity index (χ2n) is 6.95. The first kappa shape index (κ1) is 19.7. The second-order valence-corrected chi connectivity index (χ2v) is 6.95. The van der Waals surface area contributed by atoms with Gasteiger partial charge in [0.25, 0.3) is 5.91 Å². The molecule has 28 heavy (non-hydrogen) atoms.